The Labute approximate surface area is 177 Å². The fourth-order valence-electron chi connectivity index (χ4n) is 3.01. The van der Waals surface area contributed by atoms with Gasteiger partial charge in [0.2, 0.25) is 5.88 Å². The highest BCUT2D eigenvalue weighted by atomic mass is 19.1. The van der Waals surface area contributed by atoms with Gasteiger partial charge in [-0.2, -0.15) is 10.1 Å². The Morgan fingerprint density at radius 3 is 2.53 bits per heavy atom. The number of hydrogen-bond donors (Lipinski definition) is 1. The number of H-pyrrole nitrogens is 1. The molecule has 6 nitrogen and oxygen atoms in total. The summed E-state index contributed by atoms with van der Waals surface area (Å²) < 4.78 is 28.0. The van der Waals surface area contributed by atoms with Crippen LogP contribution in [0.3, 0.4) is 0 Å². The molecule has 1 aromatic carbocycles. The molecule has 0 saturated heterocycles. The summed E-state index contributed by atoms with van der Waals surface area (Å²) in [5.74, 6) is 0.702. The molecule has 0 radical (unpaired) electrons. The van der Waals surface area contributed by atoms with Crippen LogP contribution in [0.15, 0.2) is 30.7 Å². The van der Waals surface area contributed by atoms with E-state index >= 15 is 0 Å². The molecule has 0 aliphatic carbocycles. The van der Waals surface area contributed by atoms with E-state index < -0.39 is 5.82 Å². The van der Waals surface area contributed by atoms with Crippen molar-refractivity contribution in [1.29, 1.82) is 0 Å². The number of benzene rings is 1. The SMILES string of the molecule is CC.CC.CCCOc1cn2ncnc(Oc3ccc4[nH]c(C)cc4c3F)c2c1C. The van der Waals surface area contributed by atoms with Gasteiger partial charge in [0, 0.05) is 22.2 Å². The average Bonchev–Trinajstić information content (AvgIpc) is 3.32. The van der Waals surface area contributed by atoms with Crippen molar-refractivity contribution in [1.82, 2.24) is 19.6 Å². The van der Waals surface area contributed by atoms with E-state index in [1.165, 1.54) is 6.33 Å². The number of aromatic nitrogens is 4. The first-order valence-corrected chi connectivity index (χ1v) is 10.5. The Morgan fingerprint density at radius 2 is 1.83 bits per heavy atom. The normalized spacial score (nSPS) is 10.3. The molecule has 0 aliphatic rings. The predicted molar refractivity (Wildman–Crippen MR) is 119 cm³/mol. The summed E-state index contributed by atoms with van der Waals surface area (Å²) in [6.07, 6.45) is 4.06. The van der Waals surface area contributed by atoms with Crippen LogP contribution in [-0.2, 0) is 0 Å². The fourth-order valence-corrected chi connectivity index (χ4v) is 3.01. The van der Waals surface area contributed by atoms with Crippen LogP contribution in [0.1, 0.15) is 52.3 Å². The molecular weight excluding hydrogens is 383 g/mol. The molecule has 0 fully saturated rings. The van der Waals surface area contributed by atoms with Gasteiger partial charge in [0.15, 0.2) is 11.6 Å². The van der Waals surface area contributed by atoms with Crippen molar-refractivity contribution < 1.29 is 13.9 Å². The van der Waals surface area contributed by atoms with Crippen LogP contribution in [0.2, 0.25) is 0 Å². The van der Waals surface area contributed by atoms with E-state index in [9.17, 15) is 4.39 Å². The van der Waals surface area contributed by atoms with E-state index in [-0.39, 0.29) is 11.6 Å². The third-order valence-electron chi connectivity index (χ3n) is 4.25. The largest absolute Gasteiger partial charge is 0.492 e. The molecule has 0 unspecified atom stereocenters. The first-order valence-electron chi connectivity index (χ1n) is 10.5. The Balaban J connectivity index is 0.000000757. The fraction of sp³-hybridized carbons (Fsp3) is 0.391. The lowest BCUT2D eigenvalue weighted by molar-refractivity contribution is 0.315. The van der Waals surface area contributed by atoms with Crippen LogP contribution in [0, 0.1) is 19.7 Å². The summed E-state index contributed by atoms with van der Waals surface area (Å²) in [4.78, 5) is 7.31. The Kier molecular flexibility index (Phi) is 8.21. The molecule has 4 rings (SSSR count). The van der Waals surface area contributed by atoms with Crippen molar-refractivity contribution >= 4 is 16.4 Å². The molecule has 3 heterocycles. The van der Waals surface area contributed by atoms with Crippen molar-refractivity contribution in [2.75, 3.05) is 6.61 Å². The number of rotatable bonds is 5. The molecule has 3 aromatic heterocycles. The molecular formula is C23H31FN4O2. The quantitative estimate of drug-likeness (QED) is 0.399. The van der Waals surface area contributed by atoms with Gasteiger partial charge in [-0.3, -0.25) is 0 Å². The van der Waals surface area contributed by atoms with Gasteiger partial charge in [0.05, 0.1) is 12.8 Å². The van der Waals surface area contributed by atoms with Crippen molar-refractivity contribution in [3.8, 4) is 17.4 Å². The van der Waals surface area contributed by atoms with Crippen LogP contribution in [0.25, 0.3) is 16.4 Å². The molecule has 4 aromatic rings. The predicted octanol–water partition coefficient (Wildman–Crippen LogP) is 6.60. The number of nitrogens with zero attached hydrogens (tertiary/aromatic N) is 3. The third kappa shape index (κ3) is 4.56. The molecule has 0 saturated carbocycles. The highest BCUT2D eigenvalue weighted by Gasteiger charge is 2.18. The molecule has 1 N–H and O–H groups in total. The van der Waals surface area contributed by atoms with Crippen LogP contribution in [-0.4, -0.2) is 26.2 Å². The number of hydrogen-bond acceptors (Lipinski definition) is 4. The van der Waals surface area contributed by atoms with Crippen molar-refractivity contribution in [3.63, 3.8) is 0 Å². The standard InChI is InChI=1S/C19H19FN4O2.2C2H6/c1-4-7-25-16-9-24-18(12(16)3)19(21-10-22-24)26-15-6-5-14-13(17(15)20)8-11(2)23-14;2*1-2/h5-6,8-10,23H,4,7H2,1-3H3;2*1-2H3. The highest BCUT2D eigenvalue weighted by molar-refractivity contribution is 5.83. The van der Waals surface area contributed by atoms with Crippen LogP contribution >= 0.6 is 0 Å². The number of nitrogens with one attached hydrogen (secondary N) is 1. The van der Waals surface area contributed by atoms with E-state index in [4.69, 9.17) is 9.47 Å². The van der Waals surface area contributed by atoms with Crippen LogP contribution in [0.4, 0.5) is 4.39 Å². The summed E-state index contributed by atoms with van der Waals surface area (Å²) in [6.45, 7) is 14.4. The van der Waals surface area contributed by atoms with Gasteiger partial charge in [-0.1, -0.05) is 34.6 Å². The van der Waals surface area contributed by atoms with Gasteiger partial charge in [-0.25, -0.2) is 8.91 Å². The molecule has 0 atom stereocenters. The third-order valence-corrected chi connectivity index (χ3v) is 4.25. The summed E-state index contributed by atoms with van der Waals surface area (Å²) >= 11 is 0. The molecule has 0 amide bonds. The second-order valence-electron chi connectivity index (χ2n) is 6.22. The number of aromatic amines is 1. The van der Waals surface area contributed by atoms with Gasteiger partial charge in [-0.15, -0.1) is 0 Å². The first-order chi connectivity index (χ1) is 14.6. The van der Waals surface area contributed by atoms with Crippen LogP contribution < -0.4 is 9.47 Å². The van der Waals surface area contributed by atoms with Crippen LogP contribution in [0.5, 0.6) is 17.4 Å². The van der Waals surface area contributed by atoms with Crippen molar-refractivity contribution in [3.05, 3.63) is 47.8 Å². The topological polar surface area (TPSA) is 64.4 Å². The minimum atomic E-state index is -0.421. The molecule has 30 heavy (non-hydrogen) atoms. The van der Waals surface area contributed by atoms with Gasteiger partial charge >= 0.3 is 0 Å². The zero-order valence-electron chi connectivity index (χ0n) is 18.8. The van der Waals surface area contributed by atoms with Crippen molar-refractivity contribution in [2.45, 2.75) is 54.9 Å². The maximum absolute atomic E-state index is 14.8. The van der Waals surface area contributed by atoms with E-state index in [1.807, 2.05) is 48.5 Å². The maximum atomic E-state index is 14.8. The number of aryl methyl sites for hydroxylation is 2. The minimum Gasteiger partial charge on any atom is -0.492 e. The van der Waals surface area contributed by atoms with Crippen molar-refractivity contribution in [2.24, 2.45) is 0 Å². The number of fused-ring (bicyclic) bond motifs is 2. The first kappa shape index (κ1) is 23.2. The Bertz CT molecular complexity index is 1100. The molecule has 162 valence electrons. The highest BCUT2D eigenvalue weighted by Crippen LogP contribution is 2.34. The lowest BCUT2D eigenvalue weighted by Crippen LogP contribution is -1.98. The zero-order valence-corrected chi connectivity index (χ0v) is 18.8. The second-order valence-corrected chi connectivity index (χ2v) is 6.22. The lowest BCUT2D eigenvalue weighted by Gasteiger charge is -2.08. The summed E-state index contributed by atoms with van der Waals surface area (Å²) in [5.41, 5.74) is 3.13. The number of ether oxygens (including phenoxy) is 2. The second kappa shape index (κ2) is 10.6. The van der Waals surface area contributed by atoms with E-state index in [2.05, 4.69) is 15.1 Å². The Morgan fingerprint density at radius 1 is 1.10 bits per heavy atom. The average molecular weight is 415 g/mol. The summed E-state index contributed by atoms with van der Waals surface area (Å²) in [7, 11) is 0. The van der Waals surface area contributed by atoms with E-state index in [0.717, 1.165) is 28.9 Å². The monoisotopic (exact) mass is 414 g/mol. The molecule has 0 bridgehead atoms. The van der Waals surface area contributed by atoms with E-state index in [0.29, 0.717) is 17.5 Å². The van der Waals surface area contributed by atoms with Gasteiger partial charge in [-0.05, 0) is 38.5 Å². The number of halogens is 1. The molecule has 0 spiro atoms. The van der Waals surface area contributed by atoms with E-state index in [1.54, 1.807) is 28.9 Å². The molecule has 0 aliphatic heterocycles. The van der Waals surface area contributed by atoms with Gasteiger partial charge in [0.25, 0.3) is 0 Å². The van der Waals surface area contributed by atoms with Gasteiger partial charge in [0.1, 0.15) is 17.6 Å². The molecule has 7 heteroatoms. The summed E-state index contributed by atoms with van der Waals surface area (Å²) in [5, 5.41) is 4.69. The zero-order chi connectivity index (χ0) is 22.3. The minimum absolute atomic E-state index is 0.119. The lowest BCUT2D eigenvalue weighted by atomic mass is 10.2. The summed E-state index contributed by atoms with van der Waals surface area (Å²) in [6, 6.07) is 5.14. The Hall–Kier alpha value is -3.09. The maximum Gasteiger partial charge on any atom is 0.247 e. The smallest absolute Gasteiger partial charge is 0.247 e. The van der Waals surface area contributed by atoms with Gasteiger partial charge < -0.3 is 14.5 Å².